The van der Waals surface area contributed by atoms with Crippen molar-refractivity contribution in [1.82, 2.24) is 9.88 Å². The summed E-state index contributed by atoms with van der Waals surface area (Å²) in [4.78, 5) is 12.2. The smallest absolute Gasteiger partial charge is 0.258 e. The first-order valence-electron chi connectivity index (χ1n) is 7.29. The van der Waals surface area contributed by atoms with Crippen molar-refractivity contribution in [2.24, 2.45) is 0 Å². The van der Waals surface area contributed by atoms with E-state index in [0.717, 1.165) is 25.9 Å². The summed E-state index contributed by atoms with van der Waals surface area (Å²) < 4.78 is 21.0. The third kappa shape index (κ3) is 3.12. The second-order valence-corrected chi connectivity index (χ2v) is 5.35. The van der Waals surface area contributed by atoms with Crippen LogP contribution in [0.4, 0.5) is 10.1 Å². The van der Waals surface area contributed by atoms with E-state index >= 15 is 0 Å². The van der Waals surface area contributed by atoms with Crippen LogP contribution in [-0.2, 0) is 0 Å². The molecular formula is C16H18FN3O2. The molecule has 1 aliphatic heterocycles. The van der Waals surface area contributed by atoms with E-state index in [1.807, 2.05) is 0 Å². The van der Waals surface area contributed by atoms with Crippen LogP contribution in [0.2, 0.25) is 0 Å². The summed E-state index contributed by atoms with van der Waals surface area (Å²) in [5.74, 6) is -0.0156. The Morgan fingerprint density at radius 2 is 2.00 bits per heavy atom. The Hall–Kier alpha value is -2.34. The first kappa shape index (κ1) is 14.6. The molecule has 0 amide bonds. The van der Waals surface area contributed by atoms with Gasteiger partial charge < -0.3 is 15.8 Å². The number of nitrogen functional groups attached to an aromatic ring is 1. The minimum absolute atomic E-state index is 0.116. The third-order valence-electron chi connectivity index (χ3n) is 3.71. The molecule has 0 saturated carbocycles. The van der Waals surface area contributed by atoms with Crippen LogP contribution in [0.1, 0.15) is 12.8 Å². The minimum Gasteiger partial charge on any atom is -0.490 e. The maximum atomic E-state index is 13.9. The van der Waals surface area contributed by atoms with Gasteiger partial charge in [-0.15, -0.1) is 0 Å². The molecule has 1 saturated heterocycles. The van der Waals surface area contributed by atoms with E-state index in [4.69, 9.17) is 10.5 Å². The van der Waals surface area contributed by atoms with Crippen molar-refractivity contribution in [3.63, 3.8) is 0 Å². The summed E-state index contributed by atoms with van der Waals surface area (Å²) in [7, 11) is 0. The van der Waals surface area contributed by atoms with E-state index in [2.05, 4.69) is 5.32 Å². The summed E-state index contributed by atoms with van der Waals surface area (Å²) in [6.07, 6.45) is 3.46. The molecule has 0 radical (unpaired) electrons. The summed E-state index contributed by atoms with van der Waals surface area (Å²) in [5.41, 5.74) is 5.67. The van der Waals surface area contributed by atoms with Gasteiger partial charge in [0.1, 0.15) is 17.7 Å². The summed E-state index contributed by atoms with van der Waals surface area (Å²) in [6, 6.07) is 7.31. The molecule has 0 bridgehead atoms. The number of hydrogen-bond acceptors (Lipinski definition) is 4. The van der Waals surface area contributed by atoms with Crippen LogP contribution in [0, 0.1) is 5.82 Å². The second kappa shape index (κ2) is 6.19. The number of anilines is 1. The fraction of sp³-hybridized carbons (Fsp3) is 0.312. The van der Waals surface area contributed by atoms with E-state index in [1.54, 1.807) is 12.1 Å². The van der Waals surface area contributed by atoms with Gasteiger partial charge in [-0.05, 0) is 50.2 Å². The SMILES string of the molecule is Nc1ccc(-n2ccc(OC3CCNCC3)cc2=O)c(F)c1. The topological polar surface area (TPSA) is 69.3 Å². The first-order chi connectivity index (χ1) is 10.6. The Morgan fingerprint density at radius 1 is 1.23 bits per heavy atom. The number of rotatable bonds is 3. The fourth-order valence-electron chi connectivity index (χ4n) is 2.56. The molecule has 116 valence electrons. The number of pyridine rings is 1. The Bertz CT molecular complexity index is 724. The summed E-state index contributed by atoms with van der Waals surface area (Å²) >= 11 is 0. The van der Waals surface area contributed by atoms with E-state index in [-0.39, 0.29) is 17.4 Å². The quantitative estimate of drug-likeness (QED) is 0.847. The number of ether oxygens (including phenoxy) is 1. The number of halogens is 1. The Balaban J connectivity index is 1.84. The average molecular weight is 303 g/mol. The van der Waals surface area contributed by atoms with Crippen molar-refractivity contribution in [2.45, 2.75) is 18.9 Å². The lowest BCUT2D eigenvalue weighted by Gasteiger charge is -2.23. The van der Waals surface area contributed by atoms with Crippen molar-refractivity contribution < 1.29 is 9.13 Å². The molecule has 22 heavy (non-hydrogen) atoms. The molecule has 3 rings (SSSR count). The van der Waals surface area contributed by atoms with Gasteiger partial charge in [0, 0.05) is 18.0 Å². The molecule has 1 aromatic carbocycles. The molecule has 1 aromatic heterocycles. The third-order valence-corrected chi connectivity index (χ3v) is 3.71. The number of hydrogen-bond donors (Lipinski definition) is 2. The molecule has 3 N–H and O–H groups in total. The van der Waals surface area contributed by atoms with E-state index in [1.165, 1.54) is 29.0 Å². The lowest BCUT2D eigenvalue weighted by Crippen LogP contribution is -2.34. The number of piperidine rings is 1. The van der Waals surface area contributed by atoms with Gasteiger partial charge in [0.25, 0.3) is 5.56 Å². The van der Waals surface area contributed by atoms with E-state index in [9.17, 15) is 9.18 Å². The van der Waals surface area contributed by atoms with Crippen LogP contribution in [-0.4, -0.2) is 23.8 Å². The molecule has 0 atom stereocenters. The zero-order chi connectivity index (χ0) is 15.5. The predicted molar refractivity (Wildman–Crippen MR) is 82.9 cm³/mol. The molecule has 1 fully saturated rings. The van der Waals surface area contributed by atoms with Gasteiger partial charge in [0.15, 0.2) is 0 Å². The number of nitrogens with two attached hydrogens (primary N) is 1. The summed E-state index contributed by atoms with van der Waals surface area (Å²) in [5, 5.41) is 3.26. The number of aromatic nitrogens is 1. The Kier molecular flexibility index (Phi) is 4.11. The van der Waals surface area contributed by atoms with E-state index in [0.29, 0.717) is 11.4 Å². The predicted octanol–water partition coefficient (Wildman–Crippen LogP) is 1.69. The normalized spacial score (nSPS) is 15.7. The van der Waals surface area contributed by atoms with Crippen molar-refractivity contribution in [1.29, 1.82) is 0 Å². The highest BCUT2D eigenvalue weighted by Gasteiger charge is 2.15. The lowest BCUT2D eigenvalue weighted by atomic mass is 10.1. The highest BCUT2D eigenvalue weighted by atomic mass is 19.1. The molecule has 5 nitrogen and oxygen atoms in total. The van der Waals surface area contributed by atoms with Gasteiger partial charge in [0.05, 0.1) is 5.69 Å². The number of nitrogens with zero attached hydrogens (tertiary/aromatic N) is 1. The van der Waals surface area contributed by atoms with Gasteiger partial charge in [-0.25, -0.2) is 4.39 Å². The Morgan fingerprint density at radius 3 is 2.68 bits per heavy atom. The molecule has 0 unspecified atom stereocenters. The van der Waals surface area contributed by atoms with Gasteiger partial charge >= 0.3 is 0 Å². The van der Waals surface area contributed by atoms with Gasteiger partial charge in [-0.3, -0.25) is 9.36 Å². The molecular weight excluding hydrogens is 285 g/mol. The van der Waals surface area contributed by atoms with Crippen LogP contribution >= 0.6 is 0 Å². The first-order valence-corrected chi connectivity index (χ1v) is 7.29. The van der Waals surface area contributed by atoms with E-state index < -0.39 is 5.82 Å². The maximum absolute atomic E-state index is 13.9. The highest BCUT2D eigenvalue weighted by Crippen LogP contribution is 2.18. The van der Waals surface area contributed by atoms with Gasteiger partial charge in [-0.1, -0.05) is 0 Å². The second-order valence-electron chi connectivity index (χ2n) is 5.35. The zero-order valence-corrected chi connectivity index (χ0v) is 12.1. The van der Waals surface area contributed by atoms with Crippen molar-refractivity contribution in [2.75, 3.05) is 18.8 Å². The molecule has 0 aliphatic carbocycles. The molecule has 2 heterocycles. The number of nitrogens with one attached hydrogen (secondary N) is 1. The van der Waals surface area contributed by atoms with Crippen LogP contribution in [0.5, 0.6) is 5.75 Å². The van der Waals surface area contributed by atoms with Crippen LogP contribution < -0.4 is 21.3 Å². The van der Waals surface area contributed by atoms with Gasteiger partial charge in [-0.2, -0.15) is 0 Å². The van der Waals surface area contributed by atoms with Crippen LogP contribution in [0.25, 0.3) is 5.69 Å². The standard InChI is InChI=1S/C16H18FN3O2/c17-14-9-11(18)1-2-15(14)20-8-5-13(10-16(20)21)22-12-3-6-19-7-4-12/h1-2,5,8-10,12,19H,3-4,6-7,18H2. The Labute approximate surface area is 127 Å². The van der Waals surface area contributed by atoms with Crippen LogP contribution in [0.3, 0.4) is 0 Å². The lowest BCUT2D eigenvalue weighted by molar-refractivity contribution is 0.162. The molecule has 6 heteroatoms. The molecule has 2 aromatic rings. The molecule has 0 spiro atoms. The number of benzene rings is 1. The van der Waals surface area contributed by atoms with Gasteiger partial charge in [0.2, 0.25) is 0 Å². The van der Waals surface area contributed by atoms with Crippen molar-refractivity contribution in [3.05, 3.63) is 52.7 Å². The minimum atomic E-state index is -0.533. The van der Waals surface area contributed by atoms with Crippen molar-refractivity contribution >= 4 is 5.69 Å². The summed E-state index contributed by atoms with van der Waals surface area (Å²) in [6.45, 7) is 1.83. The zero-order valence-electron chi connectivity index (χ0n) is 12.1. The fourth-order valence-corrected chi connectivity index (χ4v) is 2.56. The van der Waals surface area contributed by atoms with Crippen molar-refractivity contribution in [3.8, 4) is 11.4 Å². The monoisotopic (exact) mass is 303 g/mol. The average Bonchev–Trinajstić information content (AvgIpc) is 2.49. The highest BCUT2D eigenvalue weighted by molar-refractivity contribution is 5.46. The maximum Gasteiger partial charge on any atom is 0.258 e. The van der Waals surface area contributed by atoms with Crippen LogP contribution in [0.15, 0.2) is 41.3 Å². The molecule has 1 aliphatic rings. The largest absolute Gasteiger partial charge is 0.490 e.